The summed E-state index contributed by atoms with van der Waals surface area (Å²) >= 11 is 12.9. The van der Waals surface area contributed by atoms with Crippen LogP contribution < -0.4 is 20.4 Å². The number of rotatable bonds is 7. The summed E-state index contributed by atoms with van der Waals surface area (Å²) in [5.41, 5.74) is 0.962. The molecule has 0 saturated heterocycles. The summed E-state index contributed by atoms with van der Waals surface area (Å²) in [6, 6.07) is 26.0. The van der Waals surface area contributed by atoms with Crippen LogP contribution in [-0.4, -0.2) is 18.7 Å². The Morgan fingerprint density at radius 2 is 1.73 bits per heavy atom. The van der Waals surface area contributed by atoms with Crippen LogP contribution in [0.1, 0.15) is 24.9 Å². The predicted octanol–water partition coefficient (Wildman–Crippen LogP) is 5.29. The number of ether oxygens (including phenoxy) is 2. The normalized spacial score (nSPS) is 17.9. The highest BCUT2D eigenvalue weighted by Crippen LogP contribution is 2.47. The first kappa shape index (κ1) is 23.7. The van der Waals surface area contributed by atoms with E-state index in [1.165, 1.54) is 6.08 Å². The van der Waals surface area contributed by atoms with Crippen molar-refractivity contribution < 1.29 is 14.3 Å². The van der Waals surface area contributed by atoms with Crippen LogP contribution in [0, 0.1) is 0 Å². The maximum atomic E-state index is 11.9. The quantitative estimate of drug-likeness (QED) is 0.273. The predicted molar refractivity (Wildman–Crippen MR) is 139 cm³/mol. The average molecular weight is 498 g/mol. The molecule has 1 heterocycles. The highest BCUT2D eigenvalue weighted by Gasteiger charge is 2.33. The Balaban J connectivity index is 1.73. The largest absolute Gasteiger partial charge is 0.484 e. The van der Waals surface area contributed by atoms with Crippen LogP contribution in [0.5, 0.6) is 5.75 Å². The molecule has 0 spiro atoms. The van der Waals surface area contributed by atoms with Gasteiger partial charge in [-0.3, -0.25) is 5.09 Å². The van der Waals surface area contributed by atoms with Gasteiger partial charge in [0, 0.05) is 34.7 Å². The first-order valence-corrected chi connectivity index (χ1v) is 14.0. The van der Waals surface area contributed by atoms with Crippen LogP contribution >= 0.6 is 17.8 Å². The van der Waals surface area contributed by atoms with Crippen molar-refractivity contribution in [3.8, 4) is 5.75 Å². The van der Waals surface area contributed by atoms with Crippen molar-refractivity contribution in [3.63, 3.8) is 0 Å². The number of halogens is 1. The number of hydrogen-bond donors (Lipinski definition) is 1. The molecule has 0 aliphatic carbocycles. The summed E-state index contributed by atoms with van der Waals surface area (Å²) in [4.78, 5) is 11.9. The van der Waals surface area contributed by atoms with Crippen molar-refractivity contribution in [3.05, 3.63) is 102 Å². The first-order chi connectivity index (χ1) is 16.0. The first-order valence-electron chi connectivity index (χ1n) is 10.8. The molecule has 0 aromatic heterocycles. The van der Waals surface area contributed by atoms with E-state index in [4.69, 9.17) is 32.9 Å². The monoisotopic (exact) mass is 497 g/mol. The van der Waals surface area contributed by atoms with E-state index in [-0.39, 0.29) is 12.1 Å². The van der Waals surface area contributed by atoms with Crippen LogP contribution in [-0.2, 0) is 21.3 Å². The minimum absolute atomic E-state index is 0.115. The number of benzene rings is 3. The Kier molecular flexibility index (Phi) is 7.67. The van der Waals surface area contributed by atoms with Crippen molar-refractivity contribution in [1.29, 1.82) is 0 Å². The van der Waals surface area contributed by atoms with Crippen LogP contribution in [0.3, 0.4) is 0 Å². The third-order valence-corrected chi connectivity index (χ3v) is 10.0. The molecule has 3 aromatic rings. The second kappa shape index (κ2) is 10.7. The van der Waals surface area contributed by atoms with Crippen molar-refractivity contribution in [2.24, 2.45) is 0 Å². The fraction of sp³-hybridized carbons (Fsp3) is 0.192. The van der Waals surface area contributed by atoms with E-state index in [0.717, 1.165) is 16.2 Å². The fourth-order valence-electron chi connectivity index (χ4n) is 3.89. The smallest absolute Gasteiger partial charge is 0.330 e. The van der Waals surface area contributed by atoms with Gasteiger partial charge in [0.1, 0.15) is 11.9 Å². The van der Waals surface area contributed by atoms with Gasteiger partial charge in [0.15, 0.2) is 0 Å². The van der Waals surface area contributed by atoms with Crippen molar-refractivity contribution in [2.45, 2.75) is 25.5 Å². The van der Waals surface area contributed by atoms with E-state index in [1.54, 1.807) is 19.1 Å². The zero-order chi connectivity index (χ0) is 23.3. The molecule has 0 fully saturated rings. The van der Waals surface area contributed by atoms with E-state index in [9.17, 15) is 4.79 Å². The summed E-state index contributed by atoms with van der Waals surface area (Å²) in [6.45, 7) is 2.10. The highest BCUT2D eigenvalue weighted by atomic mass is 35.5. The number of esters is 1. The maximum Gasteiger partial charge on any atom is 0.330 e. The maximum absolute atomic E-state index is 11.9. The number of carbonyl (C=O) groups excluding carboxylic acids is 1. The Hall–Kier alpha value is -2.43. The van der Waals surface area contributed by atoms with Crippen molar-refractivity contribution in [2.75, 3.05) is 6.61 Å². The summed E-state index contributed by atoms with van der Waals surface area (Å²) < 4.78 is 11.2. The molecule has 3 aromatic carbocycles. The van der Waals surface area contributed by atoms with Crippen molar-refractivity contribution >= 4 is 46.2 Å². The molecule has 0 radical (unpaired) electrons. The number of fused-ring (bicyclic) bond motifs is 1. The molecule has 2 atom stereocenters. The number of carbonyl (C=O) groups is 1. The lowest BCUT2D eigenvalue weighted by Crippen LogP contribution is -2.35. The van der Waals surface area contributed by atoms with Crippen LogP contribution in [0.4, 0.5) is 0 Å². The van der Waals surface area contributed by atoms with E-state index in [2.05, 4.69) is 29.4 Å². The SMILES string of the molecule is CCOC(=O)/C=C/C1CC(NP(=S)(c2ccccc2)c2ccccc2)c2cccc(Cl)c2O1. The topological polar surface area (TPSA) is 47.6 Å². The van der Waals surface area contributed by atoms with Gasteiger partial charge in [-0.15, -0.1) is 0 Å². The van der Waals surface area contributed by atoms with Crippen LogP contribution in [0.25, 0.3) is 0 Å². The molecule has 7 heteroatoms. The molecule has 4 rings (SSSR count). The Morgan fingerprint density at radius 1 is 1.09 bits per heavy atom. The van der Waals surface area contributed by atoms with Gasteiger partial charge in [0.25, 0.3) is 0 Å². The van der Waals surface area contributed by atoms with Crippen molar-refractivity contribution in [1.82, 2.24) is 5.09 Å². The zero-order valence-corrected chi connectivity index (χ0v) is 20.7. The Labute approximate surface area is 204 Å². The molecule has 1 aliphatic heterocycles. The molecule has 0 bridgehead atoms. The number of nitrogens with one attached hydrogen (secondary N) is 1. The Bertz CT molecular complexity index is 1140. The molecular weight excluding hydrogens is 473 g/mol. The van der Waals surface area contributed by atoms with Gasteiger partial charge in [-0.2, -0.15) is 0 Å². The highest BCUT2D eigenvalue weighted by molar-refractivity contribution is 8.20. The van der Waals surface area contributed by atoms with Gasteiger partial charge in [-0.1, -0.05) is 96.2 Å². The molecule has 2 unspecified atom stereocenters. The summed E-state index contributed by atoms with van der Waals surface area (Å²) in [6.07, 6.45) is 1.02. The van der Waals surface area contributed by atoms with Gasteiger partial charge in [-0.05, 0) is 19.1 Å². The van der Waals surface area contributed by atoms with Gasteiger partial charge in [0.2, 0.25) is 0 Å². The summed E-state index contributed by atoms with van der Waals surface area (Å²) in [7, 11) is 0. The number of para-hydroxylation sites is 1. The second-order valence-corrected chi connectivity index (χ2v) is 12.2. The lowest BCUT2D eigenvalue weighted by molar-refractivity contribution is -0.137. The lowest BCUT2D eigenvalue weighted by Gasteiger charge is -2.36. The molecule has 0 amide bonds. The average Bonchev–Trinajstić information content (AvgIpc) is 2.84. The van der Waals surface area contributed by atoms with E-state index >= 15 is 0 Å². The van der Waals surface area contributed by atoms with E-state index < -0.39 is 12.2 Å². The molecule has 1 N–H and O–H groups in total. The summed E-state index contributed by atoms with van der Waals surface area (Å²) in [5.74, 6) is 0.221. The Morgan fingerprint density at radius 3 is 2.33 bits per heavy atom. The molecule has 170 valence electrons. The fourth-order valence-corrected chi connectivity index (χ4v) is 7.69. The zero-order valence-electron chi connectivity index (χ0n) is 18.2. The van der Waals surface area contributed by atoms with E-state index in [1.807, 2.05) is 48.5 Å². The second-order valence-electron chi connectivity index (χ2n) is 7.62. The van der Waals surface area contributed by atoms with Gasteiger partial charge in [0.05, 0.1) is 17.8 Å². The molecule has 33 heavy (non-hydrogen) atoms. The minimum atomic E-state index is -2.37. The van der Waals surface area contributed by atoms with Gasteiger partial charge < -0.3 is 9.47 Å². The lowest BCUT2D eigenvalue weighted by atomic mass is 9.97. The minimum Gasteiger partial charge on any atom is -0.484 e. The number of hydrogen-bond acceptors (Lipinski definition) is 4. The van der Waals surface area contributed by atoms with Crippen LogP contribution in [0.15, 0.2) is 91.0 Å². The molecule has 1 aliphatic rings. The third-order valence-electron chi connectivity index (χ3n) is 5.42. The third kappa shape index (κ3) is 5.39. The summed E-state index contributed by atoms with van der Waals surface area (Å²) in [5, 5.41) is 6.52. The molecule has 0 saturated carbocycles. The molecule has 4 nitrogen and oxygen atoms in total. The van der Waals surface area contributed by atoms with Gasteiger partial charge in [-0.25, -0.2) is 4.79 Å². The standard InChI is InChI=1S/C26H25ClNO3PS/c1-2-30-25(29)17-16-19-18-24(22-14-9-15-23(27)26(22)31-19)28-32(33,20-10-5-3-6-11-20)21-12-7-4-8-13-21/h3-17,19,24H,2,18H2,1H3,(H,28,33)/b17-16+. The molecular formula is C26H25ClNO3PS. The van der Waals surface area contributed by atoms with Gasteiger partial charge >= 0.3 is 5.97 Å². The van der Waals surface area contributed by atoms with E-state index in [0.29, 0.717) is 23.8 Å². The van der Waals surface area contributed by atoms with Crippen LogP contribution in [0.2, 0.25) is 5.02 Å².